The molecule has 160 valence electrons. The quantitative estimate of drug-likeness (QED) is 0.470. The highest BCUT2D eigenvalue weighted by Crippen LogP contribution is 2.36. The summed E-state index contributed by atoms with van der Waals surface area (Å²) in [6.07, 6.45) is 6.95. The van der Waals surface area contributed by atoms with Gasteiger partial charge in [0.25, 0.3) is 0 Å². The van der Waals surface area contributed by atoms with Gasteiger partial charge in [-0.3, -0.25) is 0 Å². The van der Waals surface area contributed by atoms with E-state index in [0.717, 1.165) is 35.9 Å². The maximum Gasteiger partial charge on any atom is 0.146 e. The van der Waals surface area contributed by atoms with Gasteiger partial charge in [0.2, 0.25) is 0 Å². The molecule has 1 atom stereocenters. The smallest absolute Gasteiger partial charge is 0.146 e. The average Bonchev–Trinajstić information content (AvgIpc) is 3.11. The molecule has 0 aliphatic rings. The van der Waals surface area contributed by atoms with E-state index in [1.807, 2.05) is 12.1 Å². The number of rotatable bonds is 7. The number of hydrogen-bond acceptors (Lipinski definition) is 4. The molecule has 0 spiro atoms. The Balaban J connectivity index is 2.03. The van der Waals surface area contributed by atoms with Crippen LogP contribution in [0, 0.1) is 0 Å². The molecule has 6 heteroatoms. The summed E-state index contributed by atoms with van der Waals surface area (Å²) >= 11 is 6.09. The minimum absolute atomic E-state index is 0.0628. The van der Waals surface area contributed by atoms with Crippen LogP contribution in [0.1, 0.15) is 51.7 Å². The number of halogens is 1. The molecule has 0 fully saturated rings. The maximum absolute atomic E-state index is 11.1. The fraction of sp³-hybridized carbons (Fsp3) is 0.417. The van der Waals surface area contributed by atoms with Gasteiger partial charge in [-0.05, 0) is 54.5 Å². The Bertz CT molecular complexity index is 1050. The summed E-state index contributed by atoms with van der Waals surface area (Å²) in [6, 6.07) is 9.43. The lowest BCUT2D eigenvalue weighted by atomic mass is 9.84. The van der Waals surface area contributed by atoms with E-state index in [4.69, 9.17) is 16.3 Å². The van der Waals surface area contributed by atoms with Crippen molar-refractivity contribution < 1.29 is 9.84 Å². The summed E-state index contributed by atoms with van der Waals surface area (Å²) in [5, 5.41) is 20.8. The average molecular weight is 428 g/mol. The molecule has 3 rings (SSSR count). The Morgan fingerprint density at radius 1 is 1.17 bits per heavy atom. The van der Waals surface area contributed by atoms with Gasteiger partial charge in [-0.15, -0.1) is 15.0 Å². The van der Waals surface area contributed by atoms with Crippen LogP contribution in [0.5, 0.6) is 5.75 Å². The molecule has 3 aromatic rings. The molecule has 1 aromatic heterocycles. The van der Waals surface area contributed by atoms with E-state index in [0.29, 0.717) is 16.2 Å². The van der Waals surface area contributed by atoms with Crippen LogP contribution >= 0.6 is 11.6 Å². The van der Waals surface area contributed by atoms with Crippen molar-refractivity contribution in [1.29, 1.82) is 0 Å². The first-order chi connectivity index (χ1) is 14.2. The number of aromatic nitrogens is 3. The monoisotopic (exact) mass is 427 g/mol. The highest BCUT2D eigenvalue weighted by molar-refractivity contribution is 6.31. The van der Waals surface area contributed by atoms with Crippen molar-refractivity contribution >= 4 is 22.6 Å². The molecule has 1 unspecified atom stereocenters. The molecule has 2 aromatic carbocycles. The zero-order chi connectivity index (χ0) is 21.9. The molecule has 0 bridgehead atoms. The minimum Gasteiger partial charge on any atom is -0.505 e. The number of aromatic hydroxyl groups is 1. The number of benzene rings is 2. The summed E-state index contributed by atoms with van der Waals surface area (Å²) < 4.78 is 5.58. The van der Waals surface area contributed by atoms with E-state index in [1.165, 1.54) is 4.80 Å². The van der Waals surface area contributed by atoms with Crippen molar-refractivity contribution in [3.8, 4) is 11.4 Å². The molecule has 0 aliphatic heterocycles. The highest BCUT2D eigenvalue weighted by Gasteiger charge is 2.23. The summed E-state index contributed by atoms with van der Waals surface area (Å²) in [5.41, 5.74) is 3.74. The first-order valence-electron chi connectivity index (χ1n) is 10.3. The van der Waals surface area contributed by atoms with Crippen molar-refractivity contribution in [2.75, 3.05) is 7.11 Å². The van der Waals surface area contributed by atoms with Gasteiger partial charge >= 0.3 is 0 Å². The number of fused-ring (bicyclic) bond motifs is 1. The molecule has 30 heavy (non-hydrogen) atoms. The Labute approximate surface area is 183 Å². The van der Waals surface area contributed by atoms with Gasteiger partial charge in [0, 0.05) is 17.7 Å². The molecule has 0 saturated heterocycles. The lowest BCUT2D eigenvalue weighted by molar-refractivity contribution is 0.133. The van der Waals surface area contributed by atoms with Gasteiger partial charge in [0.15, 0.2) is 0 Å². The molecule has 1 N–H and O–H groups in total. The fourth-order valence-electron chi connectivity index (χ4n) is 3.43. The van der Waals surface area contributed by atoms with Crippen molar-refractivity contribution in [3.63, 3.8) is 0 Å². The van der Waals surface area contributed by atoms with Crippen LogP contribution in [-0.4, -0.2) is 33.3 Å². The summed E-state index contributed by atoms with van der Waals surface area (Å²) in [6.45, 7) is 8.37. The summed E-state index contributed by atoms with van der Waals surface area (Å²) in [4.78, 5) is 1.50. The number of phenols is 1. The van der Waals surface area contributed by atoms with E-state index in [-0.39, 0.29) is 17.3 Å². The Morgan fingerprint density at radius 3 is 2.57 bits per heavy atom. The summed E-state index contributed by atoms with van der Waals surface area (Å²) in [7, 11) is 1.73. The van der Waals surface area contributed by atoms with E-state index in [1.54, 1.807) is 19.2 Å². The zero-order valence-electron chi connectivity index (χ0n) is 18.3. The molecular weight excluding hydrogens is 398 g/mol. The van der Waals surface area contributed by atoms with E-state index >= 15 is 0 Å². The van der Waals surface area contributed by atoms with Crippen LogP contribution in [0.3, 0.4) is 0 Å². The third kappa shape index (κ3) is 5.02. The standard InChI is InChI=1S/C24H30ClN3O2/c1-6-7-8-18(30-5)11-9-16-13-19(24(2,3)4)23(29)22(14-16)28-26-20-12-10-17(25)15-21(20)27-28/h7-8,10,12-15,18,29H,6,9,11H2,1-5H3. The molecule has 0 saturated carbocycles. The second kappa shape index (κ2) is 9.19. The minimum atomic E-state index is -0.229. The fourth-order valence-corrected chi connectivity index (χ4v) is 3.60. The largest absolute Gasteiger partial charge is 0.505 e. The van der Waals surface area contributed by atoms with Crippen LogP contribution in [0.2, 0.25) is 5.02 Å². The van der Waals surface area contributed by atoms with Crippen LogP contribution in [0.4, 0.5) is 0 Å². The van der Waals surface area contributed by atoms with Crippen molar-refractivity contribution in [1.82, 2.24) is 15.0 Å². The Hall–Kier alpha value is -2.37. The van der Waals surface area contributed by atoms with Crippen molar-refractivity contribution in [2.24, 2.45) is 0 Å². The van der Waals surface area contributed by atoms with Gasteiger partial charge in [-0.1, -0.05) is 57.5 Å². The number of methoxy groups -OCH3 is 1. The predicted octanol–water partition coefficient (Wildman–Crippen LogP) is 5.99. The Kier molecular flexibility index (Phi) is 6.84. The lowest BCUT2D eigenvalue weighted by Crippen LogP contribution is -2.15. The Morgan fingerprint density at radius 2 is 1.90 bits per heavy atom. The second-order valence-electron chi connectivity index (χ2n) is 8.53. The van der Waals surface area contributed by atoms with Crippen LogP contribution in [-0.2, 0) is 16.6 Å². The summed E-state index contributed by atoms with van der Waals surface area (Å²) in [5.74, 6) is 0.201. The molecule has 0 radical (unpaired) electrons. The number of nitrogens with zero attached hydrogens (tertiary/aromatic N) is 3. The third-order valence-corrected chi connectivity index (χ3v) is 5.36. The van der Waals surface area contributed by atoms with E-state index in [9.17, 15) is 5.11 Å². The molecule has 1 heterocycles. The van der Waals surface area contributed by atoms with Crippen LogP contribution in [0.25, 0.3) is 16.7 Å². The van der Waals surface area contributed by atoms with Crippen molar-refractivity contribution in [3.05, 3.63) is 58.6 Å². The first kappa shape index (κ1) is 22.3. The molecule has 5 nitrogen and oxygen atoms in total. The molecule has 0 aliphatic carbocycles. The van der Waals surface area contributed by atoms with Crippen LogP contribution < -0.4 is 0 Å². The van der Waals surface area contributed by atoms with E-state index < -0.39 is 0 Å². The molecular formula is C24H30ClN3O2. The topological polar surface area (TPSA) is 60.2 Å². The van der Waals surface area contributed by atoms with Gasteiger partial charge in [0.1, 0.15) is 22.5 Å². The predicted molar refractivity (Wildman–Crippen MR) is 123 cm³/mol. The first-order valence-corrected chi connectivity index (χ1v) is 10.7. The van der Waals surface area contributed by atoms with Gasteiger partial charge in [-0.2, -0.15) is 0 Å². The molecule has 0 amide bonds. The maximum atomic E-state index is 11.1. The number of ether oxygens (including phenoxy) is 1. The van der Waals surface area contributed by atoms with Crippen molar-refractivity contribution in [2.45, 2.75) is 58.5 Å². The van der Waals surface area contributed by atoms with Gasteiger partial charge in [-0.25, -0.2) is 0 Å². The number of allylic oxidation sites excluding steroid dienone is 1. The third-order valence-electron chi connectivity index (χ3n) is 5.12. The highest BCUT2D eigenvalue weighted by atomic mass is 35.5. The second-order valence-corrected chi connectivity index (χ2v) is 8.97. The SMILES string of the molecule is CCC=CC(CCc1cc(-n2nc3ccc(Cl)cc3n2)c(O)c(C(C)(C)C)c1)OC. The number of hydrogen-bond donors (Lipinski definition) is 1. The zero-order valence-corrected chi connectivity index (χ0v) is 19.1. The van der Waals surface area contributed by atoms with E-state index in [2.05, 4.69) is 56.1 Å². The van der Waals surface area contributed by atoms with Crippen LogP contribution in [0.15, 0.2) is 42.5 Å². The normalized spacial score (nSPS) is 13.4. The number of phenolic OH excluding ortho intramolecular Hbond substituents is 1. The lowest BCUT2D eigenvalue weighted by Gasteiger charge is -2.23. The van der Waals surface area contributed by atoms with Gasteiger partial charge in [0.05, 0.1) is 6.10 Å². The number of aryl methyl sites for hydroxylation is 1. The van der Waals surface area contributed by atoms with Gasteiger partial charge < -0.3 is 9.84 Å².